The molecule has 1 fully saturated rings. The van der Waals surface area contributed by atoms with Gasteiger partial charge in [-0.05, 0) is 35.9 Å². The Morgan fingerprint density at radius 3 is 2.23 bits per heavy atom. The Hall–Kier alpha value is -2.31. The van der Waals surface area contributed by atoms with Crippen LogP contribution in [-0.2, 0) is 4.79 Å². The molecule has 1 saturated heterocycles. The monoisotopic (exact) mass is 385 g/mol. The molecule has 1 N–H and O–H groups in total. The van der Waals surface area contributed by atoms with Gasteiger partial charge in [-0.25, -0.2) is 0 Å². The third-order valence-corrected chi connectivity index (χ3v) is 4.79. The average Bonchev–Trinajstić information content (AvgIpc) is 2.97. The van der Waals surface area contributed by atoms with Crippen molar-refractivity contribution < 1.29 is 14.3 Å². The molecule has 26 heavy (non-hydrogen) atoms. The van der Waals surface area contributed by atoms with Crippen LogP contribution in [0.5, 0.6) is 11.5 Å². The molecule has 1 amide bonds. The first-order valence-electron chi connectivity index (χ1n) is 8.26. The second kappa shape index (κ2) is 8.87. The van der Waals surface area contributed by atoms with Crippen LogP contribution < -0.4 is 14.8 Å². The van der Waals surface area contributed by atoms with Crippen molar-refractivity contribution in [2.75, 3.05) is 13.2 Å². The summed E-state index contributed by atoms with van der Waals surface area (Å²) in [5, 5.41) is 2.61. The van der Waals surface area contributed by atoms with Crippen molar-refractivity contribution in [3.63, 3.8) is 0 Å². The van der Waals surface area contributed by atoms with Crippen molar-refractivity contribution in [2.24, 2.45) is 5.92 Å². The van der Waals surface area contributed by atoms with Crippen LogP contribution in [0, 0.1) is 5.92 Å². The van der Waals surface area contributed by atoms with E-state index in [0.717, 1.165) is 17.1 Å². The average molecular weight is 386 g/mol. The molecule has 2 aromatic carbocycles. The van der Waals surface area contributed by atoms with E-state index in [2.05, 4.69) is 12.2 Å². The third kappa shape index (κ3) is 5.34. The normalized spacial score (nSPS) is 16.4. The lowest BCUT2D eigenvalue weighted by Gasteiger charge is -2.14. The Morgan fingerprint density at radius 2 is 1.65 bits per heavy atom. The minimum absolute atomic E-state index is 0.146. The Morgan fingerprint density at radius 1 is 1.04 bits per heavy atom. The number of thiocarbonyl (C=S) groups is 1. The highest BCUT2D eigenvalue weighted by Crippen LogP contribution is 2.26. The van der Waals surface area contributed by atoms with Crippen molar-refractivity contribution in [2.45, 2.75) is 6.92 Å². The van der Waals surface area contributed by atoms with Gasteiger partial charge in [-0.3, -0.25) is 4.79 Å². The molecule has 0 aromatic heterocycles. The fourth-order valence-electron chi connectivity index (χ4n) is 2.27. The zero-order chi connectivity index (χ0) is 18.4. The van der Waals surface area contributed by atoms with Gasteiger partial charge in [0.05, 0.1) is 18.1 Å². The van der Waals surface area contributed by atoms with E-state index < -0.39 is 0 Å². The predicted octanol–water partition coefficient (Wildman–Crippen LogP) is 4.27. The van der Waals surface area contributed by atoms with Crippen LogP contribution in [0.3, 0.4) is 0 Å². The lowest BCUT2D eigenvalue weighted by atomic mass is 10.2. The molecule has 4 nitrogen and oxygen atoms in total. The van der Waals surface area contributed by atoms with Crippen molar-refractivity contribution >= 4 is 40.3 Å². The maximum atomic E-state index is 11.7. The molecule has 0 unspecified atom stereocenters. The molecule has 1 atom stereocenters. The summed E-state index contributed by atoms with van der Waals surface area (Å²) in [4.78, 5) is 12.3. The Labute approximate surface area is 162 Å². The minimum Gasteiger partial charge on any atom is -0.493 e. The van der Waals surface area contributed by atoms with Crippen LogP contribution in [-0.4, -0.2) is 23.4 Å². The molecule has 1 aliphatic heterocycles. The maximum absolute atomic E-state index is 11.7. The van der Waals surface area contributed by atoms with Gasteiger partial charge in [-0.15, -0.1) is 0 Å². The summed E-state index contributed by atoms with van der Waals surface area (Å²) in [6.07, 6.45) is 1.82. The molecule has 134 valence electrons. The third-order valence-electron chi connectivity index (χ3n) is 3.63. The number of amides is 1. The molecule has 1 aliphatic rings. The quantitative estimate of drug-likeness (QED) is 0.570. The van der Waals surface area contributed by atoms with Gasteiger partial charge >= 0.3 is 0 Å². The number of para-hydroxylation sites is 1. The van der Waals surface area contributed by atoms with E-state index in [1.807, 2.05) is 60.7 Å². The minimum atomic E-state index is -0.146. The predicted molar refractivity (Wildman–Crippen MR) is 109 cm³/mol. The Balaban J connectivity index is 1.47. The number of hydrogen-bond donors (Lipinski definition) is 1. The first-order chi connectivity index (χ1) is 12.6. The Bertz CT molecular complexity index is 804. The number of carbonyl (C=O) groups excluding carboxylic acids is 1. The van der Waals surface area contributed by atoms with Gasteiger partial charge in [0.25, 0.3) is 5.91 Å². The number of nitrogens with one attached hydrogen (secondary N) is 1. The summed E-state index contributed by atoms with van der Waals surface area (Å²) in [7, 11) is 0. The molecule has 0 saturated carbocycles. The van der Waals surface area contributed by atoms with Crippen LogP contribution in [0.4, 0.5) is 0 Å². The standard InChI is InChI=1S/C20H19NO3S2/c1-14(12-23-16-5-3-2-4-6-16)13-24-17-9-7-15(8-10-17)11-18-19(22)21-20(25)26-18/h2-11,14H,12-13H2,1H3,(H,21,22,25)/b18-11-/t14-/m1/s1. The van der Waals surface area contributed by atoms with Crippen molar-refractivity contribution in [1.29, 1.82) is 0 Å². The first-order valence-corrected chi connectivity index (χ1v) is 9.48. The largest absolute Gasteiger partial charge is 0.493 e. The van der Waals surface area contributed by atoms with Gasteiger partial charge in [0, 0.05) is 5.92 Å². The van der Waals surface area contributed by atoms with E-state index in [1.165, 1.54) is 11.8 Å². The summed E-state index contributed by atoms with van der Waals surface area (Å²) in [6.45, 7) is 3.25. The summed E-state index contributed by atoms with van der Waals surface area (Å²) >= 11 is 6.26. The van der Waals surface area contributed by atoms with Crippen molar-refractivity contribution in [3.05, 3.63) is 65.1 Å². The van der Waals surface area contributed by atoms with Crippen LogP contribution >= 0.6 is 24.0 Å². The maximum Gasteiger partial charge on any atom is 0.263 e. The summed E-state index contributed by atoms with van der Waals surface area (Å²) in [5.74, 6) is 1.77. The highest BCUT2D eigenvalue weighted by atomic mass is 32.2. The van der Waals surface area contributed by atoms with Gasteiger partial charge in [0.15, 0.2) is 0 Å². The van der Waals surface area contributed by atoms with E-state index in [-0.39, 0.29) is 11.8 Å². The molecule has 2 aromatic rings. The van der Waals surface area contributed by atoms with E-state index in [0.29, 0.717) is 22.4 Å². The lowest BCUT2D eigenvalue weighted by molar-refractivity contribution is -0.115. The molecule has 3 rings (SSSR count). The van der Waals surface area contributed by atoms with E-state index in [9.17, 15) is 4.79 Å². The summed E-state index contributed by atoms with van der Waals surface area (Å²) in [5.41, 5.74) is 0.931. The fourth-order valence-corrected chi connectivity index (χ4v) is 3.32. The Kier molecular flexibility index (Phi) is 6.30. The molecule has 0 bridgehead atoms. The number of ether oxygens (including phenoxy) is 2. The van der Waals surface area contributed by atoms with Crippen LogP contribution in [0.15, 0.2) is 59.5 Å². The molecular weight excluding hydrogens is 366 g/mol. The highest BCUT2D eigenvalue weighted by Gasteiger charge is 2.21. The number of rotatable bonds is 7. The van der Waals surface area contributed by atoms with Gasteiger partial charge in [-0.1, -0.05) is 61.2 Å². The van der Waals surface area contributed by atoms with Gasteiger partial charge in [-0.2, -0.15) is 0 Å². The first kappa shape index (κ1) is 18.5. The molecule has 0 aliphatic carbocycles. The molecule has 1 heterocycles. The van der Waals surface area contributed by atoms with E-state index >= 15 is 0 Å². The number of benzene rings is 2. The molecule has 0 radical (unpaired) electrons. The SMILES string of the molecule is C[C@H](COc1ccccc1)COc1ccc(/C=C2\SC(=S)NC2=O)cc1. The van der Waals surface area contributed by atoms with E-state index in [1.54, 1.807) is 0 Å². The van der Waals surface area contributed by atoms with Crippen molar-refractivity contribution in [1.82, 2.24) is 5.32 Å². The zero-order valence-corrected chi connectivity index (χ0v) is 15.9. The molecular formula is C20H19NO3S2. The lowest BCUT2D eigenvalue weighted by Crippen LogP contribution is -2.17. The second-order valence-electron chi connectivity index (χ2n) is 5.96. The number of thioether (sulfide) groups is 1. The molecule has 0 spiro atoms. The topological polar surface area (TPSA) is 47.6 Å². The van der Waals surface area contributed by atoms with Crippen LogP contribution in [0.25, 0.3) is 6.08 Å². The van der Waals surface area contributed by atoms with Crippen LogP contribution in [0.2, 0.25) is 0 Å². The van der Waals surface area contributed by atoms with Gasteiger partial charge < -0.3 is 14.8 Å². The summed E-state index contributed by atoms with van der Waals surface area (Å²) < 4.78 is 12.0. The van der Waals surface area contributed by atoms with Gasteiger partial charge in [0.2, 0.25) is 0 Å². The number of hydrogen-bond acceptors (Lipinski definition) is 5. The second-order valence-corrected chi connectivity index (χ2v) is 7.68. The molecule has 6 heteroatoms. The van der Waals surface area contributed by atoms with Gasteiger partial charge in [0.1, 0.15) is 15.8 Å². The zero-order valence-electron chi connectivity index (χ0n) is 14.3. The van der Waals surface area contributed by atoms with Crippen LogP contribution in [0.1, 0.15) is 12.5 Å². The number of carbonyl (C=O) groups is 1. The fraction of sp³-hybridized carbons (Fsp3) is 0.200. The summed E-state index contributed by atoms with van der Waals surface area (Å²) in [6, 6.07) is 17.4. The van der Waals surface area contributed by atoms with E-state index in [4.69, 9.17) is 21.7 Å². The highest BCUT2D eigenvalue weighted by molar-refractivity contribution is 8.26. The smallest absolute Gasteiger partial charge is 0.263 e. The van der Waals surface area contributed by atoms with Crippen molar-refractivity contribution in [3.8, 4) is 11.5 Å².